The van der Waals surface area contributed by atoms with Crippen LogP contribution in [0, 0.1) is 5.92 Å². The van der Waals surface area contributed by atoms with Crippen molar-refractivity contribution in [1.82, 2.24) is 9.97 Å². The third-order valence-electron chi connectivity index (χ3n) is 6.17. The average molecular weight is 448 g/mol. The normalized spacial score (nSPS) is 14.0. The van der Waals surface area contributed by atoms with Crippen molar-refractivity contribution in [3.8, 4) is 22.9 Å². The van der Waals surface area contributed by atoms with E-state index < -0.39 is 0 Å². The maximum Gasteiger partial charge on any atom is 0.267 e. The number of hydrogen-bond acceptors (Lipinski definition) is 5. The van der Waals surface area contributed by atoms with E-state index in [4.69, 9.17) is 14.9 Å². The molecule has 0 saturated heterocycles. The fourth-order valence-corrected chi connectivity index (χ4v) is 4.37. The molecule has 7 nitrogen and oxygen atoms in total. The molecule has 1 heterocycles. The van der Waals surface area contributed by atoms with Gasteiger partial charge in [-0.05, 0) is 30.5 Å². The highest BCUT2D eigenvalue weighted by Crippen LogP contribution is 2.33. The zero-order valence-corrected chi connectivity index (χ0v) is 19.2. The van der Waals surface area contributed by atoms with Gasteiger partial charge in [-0.1, -0.05) is 49.6 Å². The zero-order chi connectivity index (χ0) is 23.2. The largest absolute Gasteiger partial charge is 0.496 e. The summed E-state index contributed by atoms with van der Waals surface area (Å²) in [6, 6.07) is 15.4. The van der Waals surface area contributed by atoms with E-state index in [1.807, 2.05) is 42.5 Å². The minimum atomic E-state index is -0.251. The summed E-state index contributed by atoms with van der Waals surface area (Å²) in [5, 5.41) is 9.52. The molecule has 7 heteroatoms. The molecule has 1 aromatic heterocycles. The predicted octanol–water partition coefficient (Wildman–Crippen LogP) is 3.19. The SMILES string of the molecule is CNc1nc(-c2ccc(OCc3ccccc3)cc2OC)[nH]c(=O)c1C(=[NH2+])C1CCCCC1. The van der Waals surface area contributed by atoms with Gasteiger partial charge in [0.05, 0.1) is 12.7 Å². The molecule has 33 heavy (non-hydrogen) atoms. The third kappa shape index (κ3) is 5.08. The lowest BCUT2D eigenvalue weighted by Gasteiger charge is -2.20. The lowest BCUT2D eigenvalue weighted by atomic mass is 9.83. The number of nitrogens with two attached hydrogens (primary N) is 1. The van der Waals surface area contributed by atoms with Gasteiger partial charge in [-0.2, -0.15) is 0 Å². The first-order valence-electron chi connectivity index (χ1n) is 11.4. The Morgan fingerprint density at radius 3 is 2.61 bits per heavy atom. The number of aromatic nitrogens is 2. The molecule has 1 saturated carbocycles. The van der Waals surface area contributed by atoms with Gasteiger partial charge in [-0.25, -0.2) is 4.98 Å². The van der Waals surface area contributed by atoms with Gasteiger partial charge in [0.15, 0.2) is 5.71 Å². The van der Waals surface area contributed by atoms with Crippen LogP contribution in [-0.2, 0) is 6.61 Å². The van der Waals surface area contributed by atoms with Gasteiger partial charge in [0.2, 0.25) is 0 Å². The van der Waals surface area contributed by atoms with Crippen LogP contribution in [0.5, 0.6) is 11.5 Å². The molecule has 4 rings (SSSR count). The first-order valence-corrected chi connectivity index (χ1v) is 11.4. The van der Waals surface area contributed by atoms with Crippen LogP contribution < -0.4 is 25.8 Å². The number of methoxy groups -OCH3 is 1. The van der Waals surface area contributed by atoms with Crippen molar-refractivity contribution in [2.45, 2.75) is 38.7 Å². The van der Waals surface area contributed by atoms with Crippen molar-refractivity contribution in [2.24, 2.45) is 5.92 Å². The summed E-state index contributed by atoms with van der Waals surface area (Å²) < 4.78 is 11.5. The number of benzene rings is 2. The van der Waals surface area contributed by atoms with E-state index in [1.54, 1.807) is 20.2 Å². The third-order valence-corrected chi connectivity index (χ3v) is 6.17. The Kier molecular flexibility index (Phi) is 7.07. The second kappa shape index (κ2) is 10.3. The van der Waals surface area contributed by atoms with Crippen LogP contribution in [0.1, 0.15) is 43.2 Å². The van der Waals surface area contributed by atoms with E-state index in [0.29, 0.717) is 46.6 Å². The summed E-state index contributed by atoms with van der Waals surface area (Å²) in [5.74, 6) is 2.33. The molecular weight excluding hydrogens is 416 g/mol. The molecule has 4 N–H and O–H groups in total. The summed E-state index contributed by atoms with van der Waals surface area (Å²) >= 11 is 0. The van der Waals surface area contributed by atoms with Gasteiger partial charge in [0, 0.05) is 19.0 Å². The van der Waals surface area contributed by atoms with Crippen molar-refractivity contribution in [1.29, 1.82) is 0 Å². The summed E-state index contributed by atoms with van der Waals surface area (Å²) in [7, 11) is 3.33. The zero-order valence-electron chi connectivity index (χ0n) is 19.2. The van der Waals surface area contributed by atoms with Gasteiger partial charge in [-0.3, -0.25) is 10.2 Å². The predicted molar refractivity (Wildman–Crippen MR) is 130 cm³/mol. The number of aromatic amines is 1. The summed E-state index contributed by atoms with van der Waals surface area (Å²) in [6.45, 7) is 0.452. The quantitative estimate of drug-likeness (QED) is 0.460. The van der Waals surface area contributed by atoms with Crippen LogP contribution in [0.15, 0.2) is 53.3 Å². The first kappa shape index (κ1) is 22.6. The van der Waals surface area contributed by atoms with Gasteiger partial charge in [0.25, 0.3) is 5.56 Å². The van der Waals surface area contributed by atoms with Crippen molar-refractivity contribution in [2.75, 3.05) is 19.5 Å². The number of hydrogen-bond donors (Lipinski definition) is 3. The van der Waals surface area contributed by atoms with Crippen LogP contribution in [-0.4, -0.2) is 29.8 Å². The highest BCUT2D eigenvalue weighted by atomic mass is 16.5. The Balaban J connectivity index is 1.62. The van der Waals surface area contributed by atoms with E-state index in [-0.39, 0.29) is 11.5 Å². The van der Waals surface area contributed by atoms with Gasteiger partial charge in [0.1, 0.15) is 35.3 Å². The number of ether oxygens (including phenoxy) is 2. The Labute approximate surface area is 193 Å². The van der Waals surface area contributed by atoms with Gasteiger partial charge in [-0.15, -0.1) is 0 Å². The maximum absolute atomic E-state index is 13.1. The molecule has 0 radical (unpaired) electrons. The Morgan fingerprint density at radius 2 is 1.91 bits per heavy atom. The highest BCUT2D eigenvalue weighted by molar-refractivity contribution is 6.01. The molecule has 0 unspecified atom stereocenters. The Morgan fingerprint density at radius 1 is 1.15 bits per heavy atom. The van der Waals surface area contributed by atoms with Crippen LogP contribution in [0.2, 0.25) is 0 Å². The molecule has 3 aromatic rings. The molecule has 2 aromatic carbocycles. The topological polar surface area (TPSA) is 102 Å². The number of nitrogens with zero attached hydrogens (tertiary/aromatic N) is 1. The monoisotopic (exact) mass is 447 g/mol. The molecule has 1 fully saturated rings. The fraction of sp³-hybridized carbons (Fsp3) is 0.346. The minimum Gasteiger partial charge on any atom is -0.496 e. The fourth-order valence-electron chi connectivity index (χ4n) is 4.37. The lowest BCUT2D eigenvalue weighted by molar-refractivity contribution is -0.119. The van der Waals surface area contributed by atoms with Gasteiger partial charge >= 0.3 is 0 Å². The van der Waals surface area contributed by atoms with E-state index in [0.717, 1.165) is 31.2 Å². The van der Waals surface area contributed by atoms with Crippen LogP contribution in [0.25, 0.3) is 11.4 Å². The number of anilines is 1. The maximum atomic E-state index is 13.1. The summed E-state index contributed by atoms with van der Waals surface area (Å²) in [4.78, 5) is 20.7. The number of nitrogens with one attached hydrogen (secondary N) is 2. The average Bonchev–Trinajstić information content (AvgIpc) is 2.87. The van der Waals surface area contributed by atoms with E-state index in [1.165, 1.54) is 6.42 Å². The van der Waals surface area contributed by atoms with Crippen molar-refractivity contribution in [3.63, 3.8) is 0 Å². The Bertz CT molecular complexity index is 1170. The standard InChI is InChI=1S/C26H30N4O3/c1-28-25-22(23(27)18-11-7-4-8-12-18)26(31)30-24(29-25)20-14-13-19(15-21(20)32-2)33-16-17-9-5-3-6-10-17/h3,5-6,9-10,13-15,18,27H,4,7-8,11-12,16H2,1-2H3,(H2,28,29,30,31)/p+1. The lowest BCUT2D eigenvalue weighted by Crippen LogP contribution is -2.48. The number of rotatable bonds is 8. The minimum absolute atomic E-state index is 0.218. The molecule has 0 amide bonds. The molecule has 1 aliphatic rings. The van der Waals surface area contributed by atoms with E-state index in [9.17, 15) is 4.79 Å². The van der Waals surface area contributed by atoms with Crippen molar-refractivity contribution in [3.05, 3.63) is 70.0 Å². The summed E-state index contributed by atoms with van der Waals surface area (Å²) in [6.07, 6.45) is 5.52. The van der Waals surface area contributed by atoms with Crippen LogP contribution in [0.4, 0.5) is 5.82 Å². The molecule has 0 bridgehead atoms. The highest BCUT2D eigenvalue weighted by Gasteiger charge is 2.29. The van der Waals surface area contributed by atoms with E-state index >= 15 is 0 Å². The second-order valence-corrected chi connectivity index (χ2v) is 8.31. The molecule has 0 aliphatic heterocycles. The second-order valence-electron chi connectivity index (χ2n) is 8.31. The van der Waals surface area contributed by atoms with Crippen molar-refractivity contribution >= 4 is 11.5 Å². The first-order chi connectivity index (χ1) is 16.1. The van der Waals surface area contributed by atoms with Crippen LogP contribution in [0.3, 0.4) is 0 Å². The van der Waals surface area contributed by atoms with Crippen molar-refractivity contribution < 1.29 is 14.9 Å². The molecule has 0 atom stereocenters. The number of H-pyrrole nitrogens is 1. The van der Waals surface area contributed by atoms with E-state index in [2.05, 4.69) is 15.3 Å². The van der Waals surface area contributed by atoms with Crippen LogP contribution >= 0.6 is 0 Å². The molecule has 172 valence electrons. The molecule has 1 aliphatic carbocycles. The van der Waals surface area contributed by atoms with Gasteiger partial charge < -0.3 is 19.8 Å². The summed E-state index contributed by atoms with van der Waals surface area (Å²) in [5.41, 5.74) is 2.55. The molecule has 0 spiro atoms. The molecular formula is C26H31N4O3+. The smallest absolute Gasteiger partial charge is 0.267 e. The Hall–Kier alpha value is -3.61.